The molecule has 1 rings (SSSR count). The molecule has 0 saturated heterocycles. The van der Waals surface area contributed by atoms with Crippen molar-refractivity contribution in [3.05, 3.63) is 21.4 Å². The third kappa shape index (κ3) is 5.16. The van der Waals surface area contributed by atoms with Gasteiger partial charge in [-0.25, -0.2) is 13.2 Å². The lowest BCUT2D eigenvalue weighted by Crippen LogP contribution is -2.17. The van der Waals surface area contributed by atoms with Gasteiger partial charge in [-0.3, -0.25) is 0 Å². The molecule has 1 heterocycles. The van der Waals surface area contributed by atoms with Gasteiger partial charge in [0.05, 0.1) is 5.75 Å². The summed E-state index contributed by atoms with van der Waals surface area (Å²) in [6.07, 6.45) is 1.78. The van der Waals surface area contributed by atoms with E-state index in [9.17, 15) is 13.2 Å². The third-order valence-electron chi connectivity index (χ3n) is 2.42. The first-order valence-electron chi connectivity index (χ1n) is 5.50. The molecule has 102 valence electrons. The van der Waals surface area contributed by atoms with Crippen molar-refractivity contribution in [3.63, 3.8) is 0 Å². The fourth-order valence-electron chi connectivity index (χ4n) is 1.48. The first-order valence-corrected chi connectivity index (χ1v) is 8.38. The zero-order valence-electron chi connectivity index (χ0n) is 10.4. The van der Waals surface area contributed by atoms with Crippen LogP contribution < -0.4 is 5.32 Å². The highest BCUT2D eigenvalue weighted by atomic mass is 32.2. The number of carboxylic acid groups (broad SMARTS) is 1. The molecule has 0 spiro atoms. The van der Waals surface area contributed by atoms with Crippen LogP contribution in [-0.2, 0) is 16.4 Å². The maximum absolute atomic E-state index is 10.9. The van der Waals surface area contributed by atoms with Crippen molar-refractivity contribution in [2.75, 3.05) is 18.6 Å². The zero-order valence-corrected chi connectivity index (χ0v) is 12.0. The Hall–Kier alpha value is -0.920. The molecule has 0 saturated carbocycles. The van der Waals surface area contributed by atoms with Crippen LogP contribution in [0.1, 0.15) is 26.5 Å². The monoisotopic (exact) mass is 291 g/mol. The quantitative estimate of drug-likeness (QED) is 0.739. The maximum atomic E-state index is 10.9. The number of thiophene rings is 1. The molecule has 7 heteroatoms. The topological polar surface area (TPSA) is 83.5 Å². The smallest absolute Gasteiger partial charge is 0.345 e. The fraction of sp³-hybridized carbons (Fsp3) is 0.545. The molecule has 0 fully saturated rings. The van der Waals surface area contributed by atoms with Gasteiger partial charge in [-0.1, -0.05) is 0 Å². The number of rotatable bonds is 7. The Morgan fingerprint density at radius 1 is 1.50 bits per heavy atom. The summed E-state index contributed by atoms with van der Waals surface area (Å²) in [5.41, 5.74) is 0.955. The van der Waals surface area contributed by atoms with Crippen molar-refractivity contribution in [2.45, 2.75) is 19.9 Å². The third-order valence-corrected chi connectivity index (χ3v) is 4.53. The molecule has 0 radical (unpaired) electrons. The van der Waals surface area contributed by atoms with Crippen molar-refractivity contribution < 1.29 is 18.3 Å². The zero-order chi connectivity index (χ0) is 13.8. The summed E-state index contributed by atoms with van der Waals surface area (Å²) >= 11 is 1.26. The average Bonchev–Trinajstić information content (AvgIpc) is 2.58. The van der Waals surface area contributed by atoms with E-state index in [2.05, 4.69) is 5.32 Å². The number of aromatic carboxylic acids is 1. The highest BCUT2D eigenvalue weighted by Gasteiger charge is 2.10. The van der Waals surface area contributed by atoms with Crippen molar-refractivity contribution in [2.24, 2.45) is 0 Å². The van der Waals surface area contributed by atoms with Crippen LogP contribution >= 0.6 is 11.3 Å². The van der Waals surface area contributed by atoms with Gasteiger partial charge in [-0.2, -0.15) is 0 Å². The molecule has 0 atom stereocenters. The van der Waals surface area contributed by atoms with E-state index in [4.69, 9.17) is 5.11 Å². The molecule has 1 aromatic heterocycles. The first kappa shape index (κ1) is 15.1. The van der Waals surface area contributed by atoms with Crippen LogP contribution in [0.25, 0.3) is 0 Å². The number of nitrogens with one attached hydrogen (secondary N) is 1. The summed E-state index contributed by atoms with van der Waals surface area (Å²) in [6.45, 7) is 3.05. The molecule has 0 unspecified atom stereocenters. The maximum Gasteiger partial charge on any atom is 0.345 e. The second-order valence-electron chi connectivity index (χ2n) is 4.16. The summed E-state index contributed by atoms with van der Waals surface area (Å²) < 4.78 is 21.8. The standard InChI is InChI=1S/C11H17NO4S2/c1-8-9(6-10(17-8)11(13)14)7-12-4-3-5-18(2,15)16/h6,12H,3-5,7H2,1-2H3,(H,13,14). The summed E-state index contributed by atoms with van der Waals surface area (Å²) in [7, 11) is -2.90. The van der Waals surface area contributed by atoms with Crippen LogP contribution in [-0.4, -0.2) is 38.0 Å². The van der Waals surface area contributed by atoms with Crippen molar-refractivity contribution in [1.82, 2.24) is 5.32 Å². The Morgan fingerprint density at radius 2 is 2.17 bits per heavy atom. The van der Waals surface area contributed by atoms with Crippen LogP contribution in [0.4, 0.5) is 0 Å². The highest BCUT2D eigenvalue weighted by molar-refractivity contribution is 7.90. The van der Waals surface area contributed by atoms with Crippen molar-refractivity contribution >= 4 is 27.1 Å². The number of hydrogen-bond acceptors (Lipinski definition) is 5. The molecule has 18 heavy (non-hydrogen) atoms. The lowest BCUT2D eigenvalue weighted by atomic mass is 10.2. The minimum atomic E-state index is -2.90. The predicted octanol–water partition coefficient (Wildman–Crippen LogP) is 1.28. The van der Waals surface area contributed by atoms with E-state index in [-0.39, 0.29) is 5.75 Å². The van der Waals surface area contributed by atoms with E-state index in [1.807, 2.05) is 6.92 Å². The van der Waals surface area contributed by atoms with Gasteiger partial charge in [-0.15, -0.1) is 11.3 Å². The molecule has 0 aliphatic heterocycles. The minimum absolute atomic E-state index is 0.170. The Morgan fingerprint density at radius 3 is 2.67 bits per heavy atom. The van der Waals surface area contributed by atoms with E-state index in [1.165, 1.54) is 17.6 Å². The molecular formula is C11H17NO4S2. The molecule has 0 amide bonds. The van der Waals surface area contributed by atoms with Gasteiger partial charge in [0.25, 0.3) is 0 Å². The number of carbonyl (C=O) groups is 1. The van der Waals surface area contributed by atoms with Gasteiger partial charge < -0.3 is 10.4 Å². The fourth-order valence-corrected chi connectivity index (χ4v) is 3.03. The minimum Gasteiger partial charge on any atom is -0.477 e. The highest BCUT2D eigenvalue weighted by Crippen LogP contribution is 2.21. The van der Waals surface area contributed by atoms with E-state index < -0.39 is 15.8 Å². The summed E-state index contributed by atoms with van der Waals surface area (Å²) in [5.74, 6) is -0.741. The van der Waals surface area contributed by atoms with E-state index >= 15 is 0 Å². The Balaban J connectivity index is 2.38. The number of sulfone groups is 1. The normalized spacial score (nSPS) is 11.7. The van der Waals surface area contributed by atoms with E-state index in [0.29, 0.717) is 24.4 Å². The molecule has 0 aromatic carbocycles. The summed E-state index contributed by atoms with van der Waals surface area (Å²) in [6, 6.07) is 1.66. The molecular weight excluding hydrogens is 274 g/mol. The van der Waals surface area contributed by atoms with Gasteiger partial charge in [-0.05, 0) is 31.5 Å². The van der Waals surface area contributed by atoms with Crippen LogP contribution in [0.5, 0.6) is 0 Å². The molecule has 5 nitrogen and oxygen atoms in total. The molecule has 1 aromatic rings. The van der Waals surface area contributed by atoms with Crippen LogP contribution in [0.2, 0.25) is 0 Å². The lowest BCUT2D eigenvalue weighted by molar-refractivity contribution is 0.0702. The lowest BCUT2D eigenvalue weighted by Gasteiger charge is -2.03. The SMILES string of the molecule is Cc1sc(C(=O)O)cc1CNCCCS(C)(=O)=O. The molecule has 0 aliphatic carbocycles. The van der Waals surface area contributed by atoms with Crippen molar-refractivity contribution in [3.8, 4) is 0 Å². The number of aryl methyl sites for hydroxylation is 1. The van der Waals surface area contributed by atoms with E-state index in [1.54, 1.807) is 6.07 Å². The predicted molar refractivity (Wildman–Crippen MR) is 72.0 cm³/mol. The summed E-state index contributed by atoms with van der Waals surface area (Å²) in [5, 5.41) is 12.0. The Bertz CT molecular complexity index is 519. The number of carboxylic acids is 1. The van der Waals surface area contributed by atoms with E-state index in [0.717, 1.165) is 10.4 Å². The van der Waals surface area contributed by atoms with Crippen molar-refractivity contribution in [1.29, 1.82) is 0 Å². The van der Waals surface area contributed by atoms with Gasteiger partial charge >= 0.3 is 5.97 Å². The second-order valence-corrected chi connectivity index (χ2v) is 7.67. The Labute approximate surface area is 111 Å². The molecule has 0 aliphatic rings. The second kappa shape index (κ2) is 6.31. The van der Waals surface area contributed by atoms with Crippen LogP contribution in [0.15, 0.2) is 6.07 Å². The van der Waals surface area contributed by atoms with Gasteiger partial charge in [0.1, 0.15) is 14.7 Å². The van der Waals surface area contributed by atoms with Gasteiger partial charge in [0, 0.05) is 17.7 Å². The van der Waals surface area contributed by atoms with Crippen LogP contribution in [0.3, 0.4) is 0 Å². The molecule has 2 N–H and O–H groups in total. The number of hydrogen-bond donors (Lipinski definition) is 2. The average molecular weight is 291 g/mol. The first-order chi connectivity index (χ1) is 8.29. The van der Waals surface area contributed by atoms with Crippen LogP contribution in [0, 0.1) is 6.92 Å². The van der Waals surface area contributed by atoms with Gasteiger partial charge in [0.2, 0.25) is 0 Å². The van der Waals surface area contributed by atoms with Gasteiger partial charge in [0.15, 0.2) is 0 Å². The largest absolute Gasteiger partial charge is 0.477 e. The summed E-state index contributed by atoms with van der Waals surface area (Å²) in [4.78, 5) is 12.1. The molecule has 0 bridgehead atoms. The Kier molecular flexibility index (Phi) is 5.30.